The molecule has 0 aromatic carbocycles. The van der Waals surface area contributed by atoms with Gasteiger partial charge in [0.1, 0.15) is 0 Å². The van der Waals surface area contributed by atoms with Gasteiger partial charge in [0.15, 0.2) is 0 Å². The minimum Gasteiger partial charge on any atom is -0.287 e. The van der Waals surface area contributed by atoms with Crippen molar-refractivity contribution >= 4 is 0 Å². The van der Waals surface area contributed by atoms with Gasteiger partial charge >= 0.3 is 0 Å². The van der Waals surface area contributed by atoms with Crippen molar-refractivity contribution in [2.45, 2.75) is 39.3 Å². The quantitative estimate of drug-likeness (QED) is 0.676. The minimum atomic E-state index is 0.711. The molecule has 3 nitrogen and oxygen atoms in total. The normalized spacial score (nSPS) is 31.7. The Labute approximate surface area is 87.6 Å². The monoisotopic (exact) mass is 197 g/mol. The zero-order valence-electron chi connectivity index (χ0n) is 9.58. The Morgan fingerprint density at radius 3 is 2.29 bits per heavy atom. The van der Waals surface area contributed by atoms with Crippen molar-refractivity contribution < 1.29 is 0 Å². The van der Waals surface area contributed by atoms with E-state index < -0.39 is 0 Å². The van der Waals surface area contributed by atoms with E-state index >= 15 is 0 Å². The average Bonchev–Trinajstić information content (AvgIpc) is 2.85. The van der Waals surface area contributed by atoms with E-state index in [9.17, 15) is 0 Å². The molecule has 3 heteroatoms. The fraction of sp³-hybridized carbons (Fsp3) is 1.00. The van der Waals surface area contributed by atoms with E-state index in [2.05, 4.69) is 28.8 Å². The van der Waals surface area contributed by atoms with Crippen LogP contribution in [0.1, 0.15) is 33.1 Å². The molecule has 2 heterocycles. The number of rotatable bonds is 3. The van der Waals surface area contributed by atoms with Gasteiger partial charge in [-0.25, -0.2) is 10.0 Å². The van der Waals surface area contributed by atoms with Gasteiger partial charge in [0.2, 0.25) is 0 Å². The van der Waals surface area contributed by atoms with Crippen LogP contribution in [0.5, 0.6) is 0 Å². The first-order valence-electron chi connectivity index (χ1n) is 6.12. The summed E-state index contributed by atoms with van der Waals surface area (Å²) in [5, 5.41) is 5.06. The molecule has 0 radical (unpaired) electrons. The van der Waals surface area contributed by atoms with Crippen molar-refractivity contribution in [2.24, 2.45) is 0 Å². The highest BCUT2D eigenvalue weighted by Crippen LogP contribution is 2.24. The van der Waals surface area contributed by atoms with Crippen molar-refractivity contribution in [3.8, 4) is 0 Å². The molecule has 2 aliphatic rings. The van der Waals surface area contributed by atoms with Gasteiger partial charge in [0.25, 0.3) is 0 Å². The van der Waals surface area contributed by atoms with Crippen molar-refractivity contribution in [3.63, 3.8) is 0 Å². The molecular formula is C11H23N3. The summed E-state index contributed by atoms with van der Waals surface area (Å²) < 4.78 is 0. The third-order valence-corrected chi connectivity index (χ3v) is 3.60. The van der Waals surface area contributed by atoms with Gasteiger partial charge in [-0.2, -0.15) is 0 Å². The summed E-state index contributed by atoms with van der Waals surface area (Å²) in [6.07, 6.45) is 4.85. The molecule has 2 saturated heterocycles. The summed E-state index contributed by atoms with van der Waals surface area (Å²) in [7, 11) is 0. The van der Waals surface area contributed by atoms with Crippen molar-refractivity contribution in [1.29, 1.82) is 0 Å². The molecular weight excluding hydrogens is 174 g/mol. The second kappa shape index (κ2) is 4.60. The SMILES string of the molecule is CCN1CCC(N2CCCC2)N1CC. The lowest BCUT2D eigenvalue weighted by Gasteiger charge is -2.35. The predicted octanol–water partition coefficient (Wildman–Crippen LogP) is 1.37. The Morgan fingerprint density at radius 2 is 1.71 bits per heavy atom. The summed E-state index contributed by atoms with van der Waals surface area (Å²) in [4.78, 5) is 2.67. The summed E-state index contributed by atoms with van der Waals surface area (Å²) in [5.41, 5.74) is 0. The molecule has 0 bridgehead atoms. The molecule has 0 spiro atoms. The molecule has 2 aliphatic heterocycles. The second-order valence-electron chi connectivity index (χ2n) is 4.31. The molecule has 0 amide bonds. The number of hydrogen-bond acceptors (Lipinski definition) is 3. The fourth-order valence-corrected chi connectivity index (χ4v) is 2.89. The maximum atomic E-state index is 2.67. The molecule has 2 fully saturated rings. The molecule has 0 N–H and O–H groups in total. The molecule has 1 unspecified atom stereocenters. The molecule has 1 atom stereocenters. The van der Waals surface area contributed by atoms with E-state index in [0.717, 1.165) is 13.1 Å². The molecule has 0 aromatic heterocycles. The summed E-state index contributed by atoms with van der Waals surface area (Å²) in [6, 6.07) is 0. The van der Waals surface area contributed by atoms with Crippen LogP contribution in [0.4, 0.5) is 0 Å². The van der Waals surface area contributed by atoms with E-state index in [1.807, 2.05) is 0 Å². The Balaban J connectivity index is 1.97. The van der Waals surface area contributed by atoms with Crippen LogP contribution in [-0.2, 0) is 0 Å². The highest BCUT2D eigenvalue weighted by molar-refractivity contribution is 4.81. The largest absolute Gasteiger partial charge is 0.287 e. The second-order valence-corrected chi connectivity index (χ2v) is 4.31. The highest BCUT2D eigenvalue weighted by Gasteiger charge is 2.34. The van der Waals surface area contributed by atoms with Crippen molar-refractivity contribution in [2.75, 3.05) is 32.7 Å². The van der Waals surface area contributed by atoms with Crippen molar-refractivity contribution in [3.05, 3.63) is 0 Å². The van der Waals surface area contributed by atoms with Crippen LogP contribution in [0.3, 0.4) is 0 Å². The van der Waals surface area contributed by atoms with Crippen LogP contribution in [0, 0.1) is 0 Å². The first-order valence-corrected chi connectivity index (χ1v) is 6.12. The van der Waals surface area contributed by atoms with E-state index in [1.165, 1.54) is 38.9 Å². The number of nitrogens with zero attached hydrogens (tertiary/aromatic N) is 3. The molecule has 0 saturated carbocycles. The minimum absolute atomic E-state index is 0.711. The average molecular weight is 197 g/mol. The first kappa shape index (κ1) is 10.4. The van der Waals surface area contributed by atoms with E-state index in [4.69, 9.17) is 0 Å². The predicted molar refractivity (Wildman–Crippen MR) is 58.8 cm³/mol. The molecule has 82 valence electrons. The van der Waals surface area contributed by atoms with Gasteiger partial charge in [0, 0.05) is 19.6 Å². The Kier molecular flexibility index (Phi) is 3.42. The van der Waals surface area contributed by atoms with Crippen LogP contribution < -0.4 is 0 Å². The smallest absolute Gasteiger partial charge is 0.0772 e. The third kappa shape index (κ3) is 1.81. The van der Waals surface area contributed by atoms with Crippen LogP contribution in [0.25, 0.3) is 0 Å². The third-order valence-electron chi connectivity index (χ3n) is 3.60. The number of hydrogen-bond donors (Lipinski definition) is 0. The molecule has 0 aliphatic carbocycles. The maximum Gasteiger partial charge on any atom is 0.0772 e. The maximum absolute atomic E-state index is 2.67. The lowest BCUT2D eigenvalue weighted by Crippen LogP contribution is -2.48. The molecule has 0 aromatic rings. The van der Waals surface area contributed by atoms with Gasteiger partial charge in [-0.05, 0) is 32.4 Å². The standard InChI is InChI=1S/C11H23N3/c1-3-13-10-7-11(14(13)4-2)12-8-5-6-9-12/h11H,3-10H2,1-2H3. The zero-order valence-corrected chi connectivity index (χ0v) is 9.58. The van der Waals surface area contributed by atoms with Crippen molar-refractivity contribution in [1.82, 2.24) is 14.9 Å². The van der Waals surface area contributed by atoms with E-state index in [0.29, 0.717) is 6.17 Å². The van der Waals surface area contributed by atoms with E-state index in [1.54, 1.807) is 0 Å². The van der Waals surface area contributed by atoms with Crippen LogP contribution in [0.2, 0.25) is 0 Å². The van der Waals surface area contributed by atoms with E-state index in [-0.39, 0.29) is 0 Å². The van der Waals surface area contributed by atoms with Crippen LogP contribution in [0.15, 0.2) is 0 Å². The lowest BCUT2D eigenvalue weighted by molar-refractivity contribution is -0.0441. The Bertz CT molecular complexity index is 177. The van der Waals surface area contributed by atoms with Gasteiger partial charge in [0.05, 0.1) is 6.17 Å². The van der Waals surface area contributed by atoms with Gasteiger partial charge in [-0.1, -0.05) is 13.8 Å². The Hall–Kier alpha value is -0.120. The molecule has 14 heavy (non-hydrogen) atoms. The topological polar surface area (TPSA) is 9.72 Å². The fourth-order valence-electron chi connectivity index (χ4n) is 2.89. The number of hydrazine groups is 1. The summed E-state index contributed by atoms with van der Waals surface area (Å²) >= 11 is 0. The van der Waals surface area contributed by atoms with Gasteiger partial charge < -0.3 is 0 Å². The summed E-state index contributed by atoms with van der Waals surface area (Å²) in [5.74, 6) is 0. The van der Waals surface area contributed by atoms with Crippen LogP contribution >= 0.6 is 0 Å². The van der Waals surface area contributed by atoms with Crippen LogP contribution in [-0.4, -0.2) is 53.8 Å². The first-order chi connectivity index (χ1) is 6.86. The number of likely N-dealkylation sites (tertiary alicyclic amines) is 1. The zero-order chi connectivity index (χ0) is 9.97. The van der Waals surface area contributed by atoms with Gasteiger partial charge in [-0.15, -0.1) is 0 Å². The Morgan fingerprint density at radius 1 is 1.00 bits per heavy atom. The van der Waals surface area contributed by atoms with Gasteiger partial charge in [-0.3, -0.25) is 4.90 Å². The molecule has 2 rings (SSSR count). The summed E-state index contributed by atoms with van der Waals surface area (Å²) in [6.45, 7) is 10.8. The highest BCUT2D eigenvalue weighted by atomic mass is 15.7. The lowest BCUT2D eigenvalue weighted by atomic mass is 10.3.